The minimum absolute atomic E-state index is 0.0604. The molecule has 25 heavy (non-hydrogen) atoms. The number of hydrogen-bond donors (Lipinski definition) is 3. The van der Waals surface area contributed by atoms with Crippen molar-refractivity contribution in [1.82, 2.24) is 10.6 Å². The molecule has 1 aromatic carbocycles. The van der Waals surface area contributed by atoms with Crippen LogP contribution in [-0.2, 0) is 11.3 Å². The van der Waals surface area contributed by atoms with Crippen molar-refractivity contribution in [2.75, 3.05) is 13.2 Å². The van der Waals surface area contributed by atoms with Crippen molar-refractivity contribution in [2.45, 2.75) is 46.3 Å². The Morgan fingerprint density at radius 3 is 2.48 bits per heavy atom. The highest BCUT2D eigenvalue weighted by Crippen LogP contribution is 2.33. The molecule has 1 aliphatic heterocycles. The number of carbonyl (C=O) groups excluding carboxylic acids is 2. The highest BCUT2D eigenvalue weighted by atomic mass is 16.5. The number of urea groups is 1. The van der Waals surface area contributed by atoms with Crippen molar-refractivity contribution in [2.24, 2.45) is 17.1 Å². The van der Waals surface area contributed by atoms with Crippen LogP contribution in [0.4, 0.5) is 4.79 Å². The standard InChI is InChI=1S/C19H29N3O3/c1-19(2,3)16-15(5-4-10-25-16)12-21-17(23)14-8-6-13(7-9-14)11-22-18(20)24/h6-9,15-16H,4-5,10-12H2,1-3H3,(H,21,23)(H3,20,22,24). The first-order valence-electron chi connectivity index (χ1n) is 8.79. The van der Waals surface area contributed by atoms with Crippen LogP contribution in [0.15, 0.2) is 24.3 Å². The van der Waals surface area contributed by atoms with Crippen LogP contribution in [0.1, 0.15) is 49.5 Å². The predicted octanol–water partition coefficient (Wildman–Crippen LogP) is 2.43. The largest absolute Gasteiger partial charge is 0.377 e. The number of carbonyl (C=O) groups is 2. The van der Waals surface area contributed by atoms with Gasteiger partial charge in [-0.3, -0.25) is 4.79 Å². The van der Waals surface area contributed by atoms with Crippen molar-refractivity contribution in [3.05, 3.63) is 35.4 Å². The van der Waals surface area contributed by atoms with Gasteiger partial charge in [-0.05, 0) is 36.0 Å². The molecule has 1 saturated heterocycles. The molecule has 6 heteroatoms. The van der Waals surface area contributed by atoms with E-state index >= 15 is 0 Å². The van der Waals surface area contributed by atoms with Crippen LogP contribution in [0.3, 0.4) is 0 Å². The molecule has 0 radical (unpaired) electrons. The van der Waals surface area contributed by atoms with Gasteiger partial charge in [0, 0.05) is 31.2 Å². The van der Waals surface area contributed by atoms with Gasteiger partial charge in [0.1, 0.15) is 0 Å². The Morgan fingerprint density at radius 2 is 1.88 bits per heavy atom. The number of hydrogen-bond acceptors (Lipinski definition) is 3. The van der Waals surface area contributed by atoms with Gasteiger partial charge < -0.3 is 21.1 Å². The SMILES string of the molecule is CC(C)(C)C1OCCCC1CNC(=O)c1ccc(CNC(N)=O)cc1. The van der Waals surface area contributed by atoms with Crippen molar-refractivity contribution in [3.8, 4) is 0 Å². The van der Waals surface area contributed by atoms with Crippen LogP contribution in [0, 0.1) is 11.3 Å². The van der Waals surface area contributed by atoms with Crippen LogP contribution in [-0.4, -0.2) is 31.2 Å². The molecule has 0 aliphatic carbocycles. The molecule has 0 spiro atoms. The van der Waals surface area contributed by atoms with Crippen LogP contribution in [0.2, 0.25) is 0 Å². The Labute approximate surface area is 149 Å². The van der Waals surface area contributed by atoms with E-state index in [1.54, 1.807) is 12.1 Å². The maximum absolute atomic E-state index is 12.4. The van der Waals surface area contributed by atoms with Gasteiger partial charge in [-0.25, -0.2) is 4.79 Å². The summed E-state index contributed by atoms with van der Waals surface area (Å²) in [5, 5.41) is 5.55. The molecule has 0 bridgehead atoms. The summed E-state index contributed by atoms with van der Waals surface area (Å²) in [6.07, 6.45) is 2.26. The number of benzene rings is 1. The summed E-state index contributed by atoms with van der Waals surface area (Å²) in [7, 11) is 0. The molecule has 4 N–H and O–H groups in total. The minimum Gasteiger partial charge on any atom is -0.377 e. The molecule has 0 saturated carbocycles. The Bertz CT molecular complexity index is 593. The van der Waals surface area contributed by atoms with E-state index in [-0.39, 0.29) is 17.4 Å². The number of primary amides is 1. The first-order valence-corrected chi connectivity index (χ1v) is 8.79. The Hall–Kier alpha value is -2.08. The molecular formula is C19H29N3O3. The van der Waals surface area contributed by atoms with Crippen molar-refractivity contribution >= 4 is 11.9 Å². The quantitative estimate of drug-likeness (QED) is 0.763. The lowest BCUT2D eigenvalue weighted by Crippen LogP contribution is -2.45. The van der Waals surface area contributed by atoms with E-state index < -0.39 is 6.03 Å². The van der Waals surface area contributed by atoms with Crippen molar-refractivity contribution in [1.29, 1.82) is 0 Å². The molecule has 138 valence electrons. The van der Waals surface area contributed by atoms with Gasteiger partial charge in [-0.1, -0.05) is 32.9 Å². The van der Waals surface area contributed by atoms with Gasteiger partial charge in [-0.2, -0.15) is 0 Å². The Kier molecular flexibility index (Phi) is 6.42. The summed E-state index contributed by atoms with van der Waals surface area (Å²) in [4.78, 5) is 23.1. The van der Waals surface area contributed by atoms with Gasteiger partial charge in [0.25, 0.3) is 5.91 Å². The fourth-order valence-electron chi connectivity index (χ4n) is 3.30. The maximum Gasteiger partial charge on any atom is 0.312 e. The summed E-state index contributed by atoms with van der Waals surface area (Å²) >= 11 is 0. The lowest BCUT2D eigenvalue weighted by atomic mass is 9.78. The van der Waals surface area contributed by atoms with Crippen LogP contribution < -0.4 is 16.4 Å². The second-order valence-electron chi connectivity index (χ2n) is 7.68. The predicted molar refractivity (Wildman–Crippen MR) is 97.1 cm³/mol. The second kappa shape index (κ2) is 8.34. The summed E-state index contributed by atoms with van der Waals surface area (Å²) in [6.45, 7) is 8.30. The van der Waals surface area contributed by atoms with Gasteiger partial charge in [-0.15, -0.1) is 0 Å². The molecule has 3 amide bonds. The number of nitrogens with one attached hydrogen (secondary N) is 2. The van der Waals surface area contributed by atoms with Gasteiger partial charge in [0.05, 0.1) is 6.10 Å². The first-order chi connectivity index (χ1) is 11.8. The smallest absolute Gasteiger partial charge is 0.312 e. The van der Waals surface area contributed by atoms with Gasteiger partial charge in [0.2, 0.25) is 0 Å². The summed E-state index contributed by atoms with van der Waals surface area (Å²) < 4.78 is 5.96. The van der Waals surface area contributed by atoms with E-state index in [1.165, 1.54) is 0 Å². The molecule has 1 aliphatic rings. The van der Waals surface area contributed by atoms with Crippen molar-refractivity contribution < 1.29 is 14.3 Å². The van der Waals surface area contributed by atoms with E-state index in [9.17, 15) is 9.59 Å². The molecular weight excluding hydrogens is 318 g/mol. The first kappa shape index (κ1) is 19.2. The molecule has 1 fully saturated rings. The van der Waals surface area contributed by atoms with Gasteiger partial charge >= 0.3 is 6.03 Å². The van der Waals surface area contributed by atoms with Crippen molar-refractivity contribution in [3.63, 3.8) is 0 Å². The normalized spacial score (nSPS) is 20.8. The Morgan fingerprint density at radius 1 is 1.20 bits per heavy atom. The third-order valence-corrected chi connectivity index (χ3v) is 4.51. The molecule has 2 rings (SSSR count). The average molecular weight is 347 g/mol. The monoisotopic (exact) mass is 347 g/mol. The molecule has 0 aromatic heterocycles. The van der Waals surface area contributed by atoms with E-state index in [0.29, 0.717) is 24.6 Å². The summed E-state index contributed by atoms with van der Waals surface area (Å²) in [5.74, 6) is 0.240. The van der Waals surface area contributed by atoms with E-state index in [2.05, 4.69) is 31.4 Å². The van der Waals surface area contributed by atoms with Gasteiger partial charge in [0.15, 0.2) is 0 Å². The zero-order valence-corrected chi connectivity index (χ0v) is 15.3. The molecule has 2 atom stereocenters. The van der Waals surface area contributed by atoms with Crippen LogP contribution in [0.25, 0.3) is 0 Å². The number of ether oxygens (including phenoxy) is 1. The fourth-order valence-corrected chi connectivity index (χ4v) is 3.30. The van der Waals surface area contributed by atoms with Crippen LogP contribution >= 0.6 is 0 Å². The lowest BCUT2D eigenvalue weighted by molar-refractivity contribution is -0.0839. The zero-order chi connectivity index (χ0) is 18.4. The van der Waals surface area contributed by atoms with E-state index in [0.717, 1.165) is 25.0 Å². The Balaban J connectivity index is 1.89. The number of nitrogens with two attached hydrogens (primary N) is 1. The van der Waals surface area contributed by atoms with Crippen LogP contribution in [0.5, 0.6) is 0 Å². The lowest BCUT2D eigenvalue weighted by Gasteiger charge is -2.40. The highest BCUT2D eigenvalue weighted by Gasteiger charge is 2.35. The fraction of sp³-hybridized carbons (Fsp3) is 0.579. The number of amides is 3. The molecule has 2 unspecified atom stereocenters. The topological polar surface area (TPSA) is 93.4 Å². The second-order valence-corrected chi connectivity index (χ2v) is 7.68. The maximum atomic E-state index is 12.4. The summed E-state index contributed by atoms with van der Waals surface area (Å²) in [6, 6.07) is 6.57. The third kappa shape index (κ3) is 5.74. The summed E-state index contributed by atoms with van der Waals surface area (Å²) in [5.41, 5.74) is 6.60. The number of rotatable bonds is 5. The van der Waals surface area contributed by atoms with E-state index in [4.69, 9.17) is 10.5 Å². The molecule has 1 heterocycles. The molecule has 1 aromatic rings. The van der Waals surface area contributed by atoms with E-state index in [1.807, 2.05) is 12.1 Å². The third-order valence-electron chi connectivity index (χ3n) is 4.51. The molecule has 6 nitrogen and oxygen atoms in total. The minimum atomic E-state index is -0.565. The highest BCUT2D eigenvalue weighted by molar-refractivity contribution is 5.94. The average Bonchev–Trinajstić information content (AvgIpc) is 2.57. The zero-order valence-electron chi connectivity index (χ0n) is 15.3.